The van der Waals surface area contributed by atoms with Crippen LogP contribution in [0.1, 0.15) is 12.8 Å². The van der Waals surface area contributed by atoms with Crippen LogP contribution in [0.4, 0.5) is 5.69 Å². The normalized spacial score (nSPS) is 18.4. The summed E-state index contributed by atoms with van der Waals surface area (Å²) in [6, 6.07) is 3.90. The lowest BCUT2D eigenvalue weighted by molar-refractivity contribution is 0.290. The minimum atomic E-state index is -2.72. The molecule has 2 aromatic rings. The number of aromatic nitrogens is 3. The third-order valence-electron chi connectivity index (χ3n) is 4.60. The van der Waals surface area contributed by atoms with Crippen LogP contribution in [0, 0.1) is 17.2 Å². The number of hydrogen-bond donors (Lipinski definition) is 2. The molecule has 2 aromatic heterocycles. The van der Waals surface area contributed by atoms with Crippen molar-refractivity contribution in [2.45, 2.75) is 19.4 Å². The Morgan fingerprint density at radius 2 is 2.27 bits per heavy atom. The van der Waals surface area contributed by atoms with Crippen molar-refractivity contribution < 1.29 is 4.21 Å². The van der Waals surface area contributed by atoms with Gasteiger partial charge in [-0.05, 0) is 24.8 Å². The summed E-state index contributed by atoms with van der Waals surface area (Å²) >= 11 is 6.24. The number of hydrogen-bond acceptors (Lipinski definition) is 6. The predicted octanol–water partition coefficient (Wildman–Crippen LogP) is 1.62. The zero-order valence-corrected chi connectivity index (χ0v) is 16.0. The molecule has 0 amide bonds. The molecule has 1 fully saturated rings. The number of nitriles is 1. The zero-order valence-electron chi connectivity index (χ0n) is 14.4. The molecular formula is C15H21ClN8OS. The van der Waals surface area contributed by atoms with Gasteiger partial charge in [0.1, 0.15) is 6.54 Å². The molecule has 9 nitrogen and oxygen atoms in total. The summed E-state index contributed by atoms with van der Waals surface area (Å²) in [6.45, 7) is 2.16. The Balaban J connectivity index is 1.68. The largest absolute Gasteiger partial charge is 0.384 e. The van der Waals surface area contributed by atoms with Crippen molar-refractivity contribution in [3.05, 3.63) is 17.4 Å². The molecule has 3 N–H and O–H groups in total. The number of nitrogens with zero attached hydrogens (tertiary/aromatic N) is 6. The third kappa shape index (κ3) is 3.76. The number of halogens is 1. The molecule has 26 heavy (non-hydrogen) atoms. The van der Waals surface area contributed by atoms with E-state index in [1.807, 2.05) is 12.1 Å². The number of nitrogens with two attached hydrogens (primary N) is 1. The van der Waals surface area contributed by atoms with Crippen molar-refractivity contribution in [3.8, 4) is 6.07 Å². The fourth-order valence-corrected chi connectivity index (χ4v) is 4.36. The van der Waals surface area contributed by atoms with Crippen LogP contribution < -0.4 is 10.5 Å². The summed E-state index contributed by atoms with van der Waals surface area (Å²) in [5.41, 5.74) is 1.43. The van der Waals surface area contributed by atoms with E-state index < -0.39 is 10.1 Å². The van der Waals surface area contributed by atoms with Crippen molar-refractivity contribution in [1.29, 1.82) is 5.26 Å². The molecule has 11 heteroatoms. The van der Waals surface area contributed by atoms with Crippen molar-refractivity contribution in [1.82, 2.24) is 19.1 Å². The summed E-state index contributed by atoms with van der Waals surface area (Å²) in [5, 5.41) is 23.3. The van der Waals surface area contributed by atoms with Crippen molar-refractivity contribution >= 4 is 38.4 Å². The summed E-state index contributed by atoms with van der Waals surface area (Å²) in [5.74, 6) is 0.425. The summed E-state index contributed by atoms with van der Waals surface area (Å²) in [4.78, 5) is 4.28. The first kappa shape index (κ1) is 18.8. The fraction of sp³-hybridized carbons (Fsp3) is 0.533. The average Bonchev–Trinajstić information content (AvgIpc) is 2.97. The van der Waals surface area contributed by atoms with Gasteiger partial charge in [0, 0.05) is 38.6 Å². The second-order valence-electron chi connectivity index (χ2n) is 6.14. The number of fused-ring (bicyclic) bond motifs is 1. The number of nitrogens with one attached hydrogen (secondary N) is 1. The maximum Gasteiger partial charge on any atom is 0.172 e. The molecule has 0 saturated carbocycles. The first-order chi connectivity index (χ1) is 12.5. The van der Waals surface area contributed by atoms with E-state index in [0.717, 1.165) is 30.5 Å². The number of rotatable bonds is 5. The van der Waals surface area contributed by atoms with E-state index in [1.54, 1.807) is 10.5 Å². The first-order valence-corrected chi connectivity index (χ1v) is 10.2. The highest BCUT2D eigenvalue weighted by molar-refractivity contribution is 7.89. The van der Waals surface area contributed by atoms with Crippen LogP contribution in [-0.2, 0) is 16.6 Å². The first-order valence-electron chi connectivity index (χ1n) is 8.26. The monoisotopic (exact) mass is 396 g/mol. The molecule has 0 spiro atoms. The quantitative estimate of drug-likeness (QED) is 0.794. The second-order valence-corrected chi connectivity index (χ2v) is 8.45. The van der Waals surface area contributed by atoms with Gasteiger partial charge in [0.25, 0.3) is 0 Å². The van der Waals surface area contributed by atoms with E-state index in [4.69, 9.17) is 22.0 Å². The SMILES string of the molecule is CN=S(N)(=O)N1CCC(CNc2ccnc3c2c(Cl)nn3CC#N)CC1. The maximum atomic E-state index is 12.1. The molecule has 1 aliphatic rings. The molecule has 3 heterocycles. The van der Waals surface area contributed by atoms with Gasteiger partial charge in [0.05, 0.1) is 11.5 Å². The van der Waals surface area contributed by atoms with E-state index in [0.29, 0.717) is 29.8 Å². The van der Waals surface area contributed by atoms with Gasteiger partial charge >= 0.3 is 0 Å². The molecule has 1 aliphatic heterocycles. The Hall–Kier alpha value is -1.93. The number of anilines is 1. The van der Waals surface area contributed by atoms with Crippen molar-refractivity contribution in [3.63, 3.8) is 0 Å². The van der Waals surface area contributed by atoms with Gasteiger partial charge in [0.2, 0.25) is 0 Å². The smallest absolute Gasteiger partial charge is 0.172 e. The molecule has 0 aromatic carbocycles. The van der Waals surface area contributed by atoms with E-state index in [-0.39, 0.29) is 6.54 Å². The van der Waals surface area contributed by atoms with Crippen LogP contribution in [0.3, 0.4) is 0 Å². The highest BCUT2D eigenvalue weighted by atomic mass is 35.5. The van der Waals surface area contributed by atoms with Crippen LogP contribution in [0.25, 0.3) is 11.0 Å². The van der Waals surface area contributed by atoms with Gasteiger partial charge in [-0.15, -0.1) is 0 Å². The standard InChI is InChI=1S/C15H21ClN8OS/c1-19-26(18,25)23-7-3-11(4-8-23)10-21-12-2-6-20-15-13(12)14(16)22-24(15)9-5-17/h2,6,11H,3-4,7-10H2,1H3,(H,20,21)(H2,18,19,25). The average molecular weight is 397 g/mol. The van der Waals surface area contributed by atoms with E-state index >= 15 is 0 Å². The Morgan fingerprint density at radius 1 is 1.54 bits per heavy atom. The number of piperidine rings is 1. The van der Waals surface area contributed by atoms with Crippen molar-refractivity contribution in [2.24, 2.45) is 15.4 Å². The van der Waals surface area contributed by atoms with E-state index in [1.165, 1.54) is 11.7 Å². The van der Waals surface area contributed by atoms with Crippen molar-refractivity contribution in [2.75, 3.05) is 32.0 Å². The molecule has 0 radical (unpaired) electrons. The Kier molecular flexibility index (Phi) is 5.62. The lowest BCUT2D eigenvalue weighted by Crippen LogP contribution is -2.43. The van der Waals surface area contributed by atoms with Gasteiger partial charge in [-0.1, -0.05) is 11.6 Å². The zero-order chi connectivity index (χ0) is 18.7. The van der Waals surface area contributed by atoms with Crippen LogP contribution >= 0.6 is 11.6 Å². The van der Waals surface area contributed by atoms with E-state index in [9.17, 15) is 4.21 Å². The highest BCUT2D eigenvalue weighted by Crippen LogP contribution is 2.29. The van der Waals surface area contributed by atoms with E-state index in [2.05, 4.69) is 19.8 Å². The second kappa shape index (κ2) is 7.75. The molecule has 140 valence electrons. The van der Waals surface area contributed by atoms with Gasteiger partial charge < -0.3 is 5.32 Å². The summed E-state index contributed by atoms with van der Waals surface area (Å²) < 4.78 is 19.1. The topological polar surface area (TPSA) is 125 Å². The molecule has 1 saturated heterocycles. The van der Waals surface area contributed by atoms with Gasteiger partial charge in [-0.3, -0.25) is 0 Å². The lowest BCUT2D eigenvalue weighted by atomic mass is 9.98. The molecule has 1 atom stereocenters. The maximum absolute atomic E-state index is 12.1. The molecule has 0 aliphatic carbocycles. The highest BCUT2D eigenvalue weighted by Gasteiger charge is 2.24. The van der Waals surface area contributed by atoms with Crippen LogP contribution in [0.15, 0.2) is 16.6 Å². The third-order valence-corrected chi connectivity index (χ3v) is 6.49. The van der Waals surface area contributed by atoms with Crippen LogP contribution in [0.2, 0.25) is 5.15 Å². The molecule has 0 bridgehead atoms. The Labute approximate surface area is 157 Å². The van der Waals surface area contributed by atoms with Crippen LogP contribution in [0.5, 0.6) is 0 Å². The summed E-state index contributed by atoms with van der Waals surface area (Å²) in [7, 11) is -1.24. The Bertz CT molecular complexity index is 950. The summed E-state index contributed by atoms with van der Waals surface area (Å²) in [6.07, 6.45) is 3.43. The van der Waals surface area contributed by atoms with Gasteiger partial charge in [0.15, 0.2) is 20.9 Å². The fourth-order valence-electron chi connectivity index (χ4n) is 3.12. The minimum absolute atomic E-state index is 0.0962. The predicted molar refractivity (Wildman–Crippen MR) is 102 cm³/mol. The number of pyridine rings is 1. The molecular weight excluding hydrogens is 376 g/mol. The molecule has 3 rings (SSSR count). The molecule has 1 unspecified atom stereocenters. The lowest BCUT2D eigenvalue weighted by Gasteiger charge is -2.31. The minimum Gasteiger partial charge on any atom is -0.384 e. The van der Waals surface area contributed by atoms with Crippen LogP contribution in [-0.4, -0.2) is 50.0 Å². The van der Waals surface area contributed by atoms with Gasteiger partial charge in [-0.2, -0.15) is 10.4 Å². The Morgan fingerprint density at radius 3 is 2.92 bits per heavy atom. The van der Waals surface area contributed by atoms with Gasteiger partial charge in [-0.25, -0.2) is 27.7 Å².